The highest BCUT2D eigenvalue weighted by atomic mass is 32.1. The van der Waals surface area contributed by atoms with Crippen molar-refractivity contribution in [2.45, 2.75) is 46.3 Å². The number of aromatic nitrogens is 1. The molecule has 0 radical (unpaired) electrons. The topological polar surface area (TPSA) is 86.5 Å². The zero-order valence-electron chi connectivity index (χ0n) is 16.7. The second-order valence-corrected chi connectivity index (χ2v) is 9.21. The van der Waals surface area contributed by atoms with Crippen LogP contribution in [0.4, 0.5) is 5.69 Å². The maximum Gasteiger partial charge on any atom is 0.263 e. The molecule has 0 aliphatic heterocycles. The third-order valence-electron chi connectivity index (χ3n) is 5.47. The normalized spacial score (nSPS) is 17.3. The summed E-state index contributed by atoms with van der Waals surface area (Å²) in [6.07, 6.45) is 2.67. The molecule has 1 unspecified atom stereocenters. The number of pyridine rings is 1. The Morgan fingerprint density at radius 1 is 1.41 bits per heavy atom. The van der Waals surface area contributed by atoms with Crippen molar-refractivity contribution in [3.63, 3.8) is 0 Å². The fourth-order valence-corrected chi connectivity index (χ4v) is 4.63. The minimum atomic E-state index is -0.482. The largest absolute Gasteiger partial charge is 0.397 e. The van der Waals surface area contributed by atoms with Gasteiger partial charge in [0, 0.05) is 25.3 Å². The van der Waals surface area contributed by atoms with E-state index in [0.29, 0.717) is 16.5 Å². The number of methoxy groups -OCH3 is 2. The number of thiophene rings is 1. The molecule has 0 bridgehead atoms. The summed E-state index contributed by atoms with van der Waals surface area (Å²) in [5, 5.41) is 3.70. The minimum Gasteiger partial charge on any atom is -0.397 e. The fourth-order valence-electron chi connectivity index (χ4n) is 3.62. The van der Waals surface area contributed by atoms with Gasteiger partial charge in [-0.15, -0.1) is 11.3 Å². The van der Waals surface area contributed by atoms with Gasteiger partial charge in [0.15, 0.2) is 6.29 Å². The predicted octanol–water partition coefficient (Wildman–Crippen LogP) is 3.38. The van der Waals surface area contributed by atoms with Crippen LogP contribution in [0.5, 0.6) is 0 Å². The van der Waals surface area contributed by atoms with Crippen molar-refractivity contribution in [3.05, 3.63) is 22.2 Å². The first-order chi connectivity index (χ1) is 12.7. The number of aryl methyl sites for hydroxylation is 1. The van der Waals surface area contributed by atoms with Crippen molar-refractivity contribution < 1.29 is 14.3 Å². The van der Waals surface area contributed by atoms with Gasteiger partial charge in [0.1, 0.15) is 9.71 Å². The van der Waals surface area contributed by atoms with Gasteiger partial charge >= 0.3 is 0 Å². The number of ether oxygens (including phenoxy) is 2. The van der Waals surface area contributed by atoms with E-state index < -0.39 is 6.29 Å². The molecule has 2 aromatic rings. The van der Waals surface area contributed by atoms with Gasteiger partial charge in [-0.2, -0.15) is 0 Å². The van der Waals surface area contributed by atoms with Crippen LogP contribution < -0.4 is 11.1 Å². The molecule has 27 heavy (non-hydrogen) atoms. The van der Waals surface area contributed by atoms with Crippen LogP contribution in [0.3, 0.4) is 0 Å². The Morgan fingerprint density at radius 2 is 2.11 bits per heavy atom. The lowest BCUT2D eigenvalue weighted by molar-refractivity contribution is -0.0974. The van der Waals surface area contributed by atoms with Crippen LogP contribution in [-0.4, -0.2) is 37.9 Å². The number of fused-ring (bicyclic) bond motifs is 2. The maximum atomic E-state index is 12.6. The zero-order chi connectivity index (χ0) is 19.8. The highest BCUT2D eigenvalue weighted by Gasteiger charge is 2.30. The number of nitrogen functional groups attached to an aromatic ring is 1. The van der Waals surface area contributed by atoms with Gasteiger partial charge in [-0.3, -0.25) is 4.79 Å². The van der Waals surface area contributed by atoms with E-state index >= 15 is 0 Å². The Labute approximate surface area is 164 Å². The van der Waals surface area contributed by atoms with E-state index in [1.165, 1.54) is 31.1 Å². The standard InChI is InChI=1S/C20H29N3O3S/c1-20(2,3)12-6-7-14-11(8-12)9-13-16(21)17(27-19(13)23-14)18(24)22-10-15(25-4)26-5/h9,12,15H,6-8,10,21H2,1-5H3,(H,22,24). The number of hydrogen-bond donors (Lipinski definition) is 2. The lowest BCUT2D eigenvalue weighted by Gasteiger charge is -2.34. The summed E-state index contributed by atoms with van der Waals surface area (Å²) in [5.41, 5.74) is 9.51. The molecule has 1 aliphatic carbocycles. The van der Waals surface area contributed by atoms with Gasteiger partial charge in [0.05, 0.1) is 12.2 Å². The van der Waals surface area contributed by atoms with E-state index in [1.54, 1.807) is 0 Å². The second-order valence-electron chi connectivity index (χ2n) is 8.21. The molecular weight excluding hydrogens is 362 g/mol. The first-order valence-corrected chi connectivity index (χ1v) is 10.1. The van der Waals surface area contributed by atoms with Crippen molar-refractivity contribution in [1.29, 1.82) is 0 Å². The number of amides is 1. The fraction of sp³-hybridized carbons (Fsp3) is 0.600. The first-order valence-electron chi connectivity index (χ1n) is 9.29. The summed E-state index contributed by atoms with van der Waals surface area (Å²) in [7, 11) is 3.07. The number of nitrogens with one attached hydrogen (secondary N) is 1. The van der Waals surface area contributed by atoms with E-state index in [2.05, 4.69) is 32.2 Å². The summed E-state index contributed by atoms with van der Waals surface area (Å²) in [6, 6.07) is 2.14. The molecule has 148 valence electrons. The highest BCUT2D eigenvalue weighted by Crippen LogP contribution is 2.40. The van der Waals surface area contributed by atoms with Crippen molar-refractivity contribution in [2.75, 3.05) is 26.5 Å². The van der Waals surface area contributed by atoms with Crippen LogP contribution >= 0.6 is 11.3 Å². The number of anilines is 1. The smallest absolute Gasteiger partial charge is 0.263 e. The molecule has 1 aliphatic rings. The lowest BCUT2D eigenvalue weighted by Crippen LogP contribution is -2.34. The molecule has 0 fully saturated rings. The van der Waals surface area contributed by atoms with Crippen LogP contribution in [0.2, 0.25) is 0 Å². The molecule has 7 heteroatoms. The summed E-state index contributed by atoms with van der Waals surface area (Å²) < 4.78 is 10.2. The van der Waals surface area contributed by atoms with E-state index in [-0.39, 0.29) is 17.9 Å². The molecule has 1 atom stereocenters. The lowest BCUT2D eigenvalue weighted by atomic mass is 9.71. The molecule has 0 saturated carbocycles. The monoisotopic (exact) mass is 391 g/mol. The van der Waals surface area contributed by atoms with Crippen molar-refractivity contribution >= 4 is 33.1 Å². The average Bonchev–Trinajstić information content (AvgIpc) is 2.95. The number of hydrogen-bond acceptors (Lipinski definition) is 6. The second kappa shape index (κ2) is 7.73. The molecule has 0 aromatic carbocycles. The highest BCUT2D eigenvalue weighted by molar-refractivity contribution is 7.21. The predicted molar refractivity (Wildman–Crippen MR) is 109 cm³/mol. The van der Waals surface area contributed by atoms with Crippen LogP contribution in [0.25, 0.3) is 10.2 Å². The molecule has 6 nitrogen and oxygen atoms in total. The number of nitrogens with zero attached hydrogens (tertiary/aromatic N) is 1. The Morgan fingerprint density at radius 3 is 2.74 bits per heavy atom. The Kier molecular flexibility index (Phi) is 5.74. The van der Waals surface area contributed by atoms with Gasteiger partial charge in [-0.1, -0.05) is 20.8 Å². The Balaban J connectivity index is 1.86. The van der Waals surface area contributed by atoms with Crippen molar-refractivity contribution in [2.24, 2.45) is 11.3 Å². The molecule has 0 spiro atoms. The van der Waals surface area contributed by atoms with Gasteiger partial charge in [-0.05, 0) is 42.2 Å². The number of rotatable bonds is 5. The summed E-state index contributed by atoms with van der Waals surface area (Å²) in [4.78, 5) is 18.7. The number of carbonyl (C=O) groups is 1. The molecular formula is C20H29N3O3S. The van der Waals surface area contributed by atoms with Gasteiger partial charge in [0.25, 0.3) is 5.91 Å². The van der Waals surface area contributed by atoms with E-state index in [0.717, 1.165) is 35.2 Å². The van der Waals surface area contributed by atoms with Crippen molar-refractivity contribution in [3.8, 4) is 0 Å². The van der Waals surface area contributed by atoms with E-state index in [9.17, 15) is 4.79 Å². The summed E-state index contributed by atoms with van der Waals surface area (Å²) >= 11 is 1.35. The zero-order valence-corrected chi connectivity index (χ0v) is 17.5. The van der Waals surface area contributed by atoms with Gasteiger partial charge in [-0.25, -0.2) is 4.98 Å². The van der Waals surface area contributed by atoms with E-state index in [1.807, 2.05) is 0 Å². The number of nitrogens with two attached hydrogens (primary N) is 1. The van der Waals surface area contributed by atoms with Crippen LogP contribution in [0.15, 0.2) is 6.07 Å². The maximum absolute atomic E-state index is 12.6. The van der Waals surface area contributed by atoms with E-state index in [4.69, 9.17) is 20.2 Å². The van der Waals surface area contributed by atoms with Crippen LogP contribution in [-0.2, 0) is 22.3 Å². The Bertz CT molecular complexity index is 837. The molecule has 1 amide bonds. The molecule has 2 heterocycles. The van der Waals surface area contributed by atoms with Crippen LogP contribution in [0, 0.1) is 11.3 Å². The van der Waals surface area contributed by atoms with Crippen LogP contribution in [0.1, 0.15) is 48.1 Å². The quantitative estimate of drug-likeness (QED) is 0.763. The molecule has 2 aromatic heterocycles. The summed E-state index contributed by atoms with van der Waals surface area (Å²) in [6.45, 7) is 7.15. The molecule has 0 saturated heterocycles. The minimum absolute atomic E-state index is 0.222. The van der Waals surface area contributed by atoms with Gasteiger partial charge < -0.3 is 20.5 Å². The first kappa shape index (κ1) is 20.0. The third kappa shape index (κ3) is 4.10. The SMILES string of the molecule is COC(CNC(=O)c1sc2nc3c(cc2c1N)CC(C(C)(C)C)CC3)OC. The average molecular weight is 392 g/mol. The van der Waals surface area contributed by atoms with Gasteiger partial charge in [0.2, 0.25) is 0 Å². The van der Waals surface area contributed by atoms with Crippen molar-refractivity contribution in [1.82, 2.24) is 10.3 Å². The molecule has 3 rings (SSSR count). The number of carbonyl (C=O) groups excluding carboxylic acids is 1. The Hall–Kier alpha value is -1.70. The third-order valence-corrected chi connectivity index (χ3v) is 6.59. The molecule has 3 N–H and O–H groups in total. The summed E-state index contributed by atoms with van der Waals surface area (Å²) in [5.74, 6) is 0.409.